The largest absolute Gasteiger partial charge is 0.490 e. The molecule has 3 aromatic rings. The number of fused-ring (bicyclic) bond motifs is 1. The van der Waals surface area contributed by atoms with E-state index in [9.17, 15) is 41.0 Å². The van der Waals surface area contributed by atoms with Gasteiger partial charge in [0.1, 0.15) is 17.5 Å². The molecule has 0 atom stereocenters. The maximum Gasteiger partial charge on any atom is 0.434 e. The second-order valence-electron chi connectivity index (χ2n) is 17.4. The Hall–Kier alpha value is -3.81. The van der Waals surface area contributed by atoms with Crippen LogP contribution in [0, 0.1) is 23.7 Å². The fourth-order valence-corrected chi connectivity index (χ4v) is 11.4. The molecule has 2 aromatic heterocycles. The zero-order chi connectivity index (χ0) is 38.4. The first kappa shape index (κ1) is 36.8. The van der Waals surface area contributed by atoms with Crippen LogP contribution in [0.4, 0.5) is 26.3 Å². The van der Waals surface area contributed by atoms with Crippen molar-refractivity contribution in [1.29, 1.82) is 0 Å². The zero-order valence-corrected chi connectivity index (χ0v) is 30.5. The number of ether oxygens (including phenoxy) is 1. The van der Waals surface area contributed by atoms with Crippen LogP contribution in [0.25, 0.3) is 22.2 Å². The molecule has 0 unspecified atom stereocenters. The minimum absolute atomic E-state index is 0.00191. The Bertz CT molecular complexity index is 1950. The first-order valence-corrected chi connectivity index (χ1v) is 19.9. The smallest absolute Gasteiger partial charge is 0.434 e. The van der Waals surface area contributed by atoms with Crippen LogP contribution in [0.5, 0.6) is 5.75 Å². The van der Waals surface area contributed by atoms with E-state index in [2.05, 4.69) is 10.3 Å². The Morgan fingerprint density at radius 2 is 1.49 bits per heavy atom. The second kappa shape index (κ2) is 13.4. The van der Waals surface area contributed by atoms with E-state index in [1.54, 1.807) is 18.3 Å². The third-order valence-corrected chi connectivity index (χ3v) is 13.9. The number of nitrogens with zero attached hydrogens (tertiary/aromatic N) is 3. The molecule has 1 aliphatic heterocycles. The molecule has 4 bridgehead atoms. The number of likely N-dealkylation sites (tertiary alicyclic amines) is 1. The molecule has 3 heterocycles. The third kappa shape index (κ3) is 6.57. The number of nitrogens with one attached hydrogen (secondary N) is 1. The van der Waals surface area contributed by atoms with Gasteiger partial charge in [0.15, 0.2) is 5.69 Å². The average molecular weight is 773 g/mol. The molecule has 7 fully saturated rings. The van der Waals surface area contributed by atoms with Crippen molar-refractivity contribution in [3.63, 3.8) is 0 Å². The fourth-order valence-electron chi connectivity index (χ4n) is 11.4. The molecule has 0 spiro atoms. The SMILES string of the molecule is O=C(NC1(C(=O)O)C2CC3CC(C2)CC1C3)c1ccc(-c2cn(C3CCC(F)CC3)c3cc(OC4CCC(N5CC(F)(F)C5)CC4)ccc23)nc1C(F)(F)F. The Morgan fingerprint density at radius 1 is 0.855 bits per heavy atom. The number of alkyl halides is 6. The van der Waals surface area contributed by atoms with Crippen molar-refractivity contribution in [2.45, 2.75) is 125 Å². The Labute approximate surface area is 315 Å². The number of pyridine rings is 1. The summed E-state index contributed by atoms with van der Waals surface area (Å²) in [5, 5.41) is 13.8. The molecule has 1 amide bonds. The highest BCUT2D eigenvalue weighted by molar-refractivity contribution is 6.00. The standard InChI is InChI=1S/C41H46F6N4O4/c42-26-1-3-28(4-2-26)51-19-33(31-10-9-30(18-35(31)51)55-29-7-5-27(6-8-29)50-20-39(43,44)21-50)34-12-11-32(36(48-34)41(45,46)47)37(52)49-40(38(53)54)24-14-22-13-23(16-24)17-25(40)15-22/h9-12,18-19,22-29H,1-8,13-17,20-21H2,(H,49,52)(H,53,54). The van der Waals surface area contributed by atoms with Gasteiger partial charge in [-0.2, -0.15) is 13.2 Å². The van der Waals surface area contributed by atoms with Crippen LogP contribution in [-0.4, -0.2) is 74.3 Å². The minimum atomic E-state index is -5.02. The van der Waals surface area contributed by atoms with Gasteiger partial charge in [0.05, 0.1) is 36.0 Å². The normalized spacial score (nSPS) is 34.4. The minimum Gasteiger partial charge on any atom is -0.490 e. The maximum atomic E-state index is 14.8. The molecule has 8 nitrogen and oxygen atoms in total. The Morgan fingerprint density at radius 3 is 2.09 bits per heavy atom. The van der Waals surface area contributed by atoms with Gasteiger partial charge in [-0.15, -0.1) is 0 Å². The van der Waals surface area contributed by atoms with Gasteiger partial charge in [0.25, 0.3) is 11.8 Å². The molecule has 10 rings (SSSR count). The van der Waals surface area contributed by atoms with E-state index in [1.165, 1.54) is 6.07 Å². The predicted octanol–water partition coefficient (Wildman–Crippen LogP) is 8.83. The second-order valence-corrected chi connectivity index (χ2v) is 17.4. The van der Waals surface area contributed by atoms with E-state index in [0.29, 0.717) is 98.3 Å². The van der Waals surface area contributed by atoms with Gasteiger partial charge in [-0.3, -0.25) is 9.69 Å². The molecule has 6 aliphatic carbocycles. The van der Waals surface area contributed by atoms with Gasteiger partial charge < -0.3 is 19.7 Å². The molecule has 296 valence electrons. The number of rotatable bonds is 8. The maximum absolute atomic E-state index is 14.8. The van der Waals surface area contributed by atoms with E-state index >= 15 is 0 Å². The summed E-state index contributed by atoms with van der Waals surface area (Å²) in [4.78, 5) is 32.6. The van der Waals surface area contributed by atoms with Crippen LogP contribution < -0.4 is 10.1 Å². The quantitative estimate of drug-likeness (QED) is 0.222. The summed E-state index contributed by atoms with van der Waals surface area (Å²) < 4.78 is 94.0. The van der Waals surface area contributed by atoms with Crippen LogP contribution in [0.1, 0.15) is 106 Å². The van der Waals surface area contributed by atoms with Crippen LogP contribution in [0.3, 0.4) is 0 Å². The molecule has 55 heavy (non-hydrogen) atoms. The van der Waals surface area contributed by atoms with Crippen molar-refractivity contribution in [3.05, 3.63) is 47.8 Å². The van der Waals surface area contributed by atoms with Gasteiger partial charge in [0, 0.05) is 35.3 Å². The summed E-state index contributed by atoms with van der Waals surface area (Å²) in [7, 11) is 0. The summed E-state index contributed by atoms with van der Waals surface area (Å²) in [5.74, 6) is -4.24. The summed E-state index contributed by atoms with van der Waals surface area (Å²) in [5.41, 5.74) is -2.61. The molecule has 1 aromatic carbocycles. The van der Waals surface area contributed by atoms with Gasteiger partial charge in [-0.25, -0.2) is 22.9 Å². The molecule has 1 saturated heterocycles. The number of carboxylic acids is 1. The molecule has 14 heteroatoms. The lowest BCUT2D eigenvalue weighted by molar-refractivity contribution is -0.163. The average Bonchev–Trinajstić information content (AvgIpc) is 3.50. The number of benzene rings is 1. The first-order valence-electron chi connectivity index (χ1n) is 19.9. The Balaban J connectivity index is 1.01. The number of amides is 1. The van der Waals surface area contributed by atoms with Crippen molar-refractivity contribution in [2.75, 3.05) is 13.1 Å². The van der Waals surface area contributed by atoms with Gasteiger partial charge >= 0.3 is 12.1 Å². The molecular weight excluding hydrogens is 726 g/mol. The van der Waals surface area contributed by atoms with Crippen molar-refractivity contribution < 1.29 is 45.8 Å². The number of carbonyl (C=O) groups excluding carboxylic acids is 1. The molecule has 2 N–H and O–H groups in total. The third-order valence-electron chi connectivity index (χ3n) is 13.9. The summed E-state index contributed by atoms with van der Waals surface area (Å²) in [6, 6.07) is 7.87. The van der Waals surface area contributed by atoms with Gasteiger partial charge in [-0.05, 0) is 131 Å². The molecule has 7 aliphatic rings. The van der Waals surface area contributed by atoms with Crippen LogP contribution >= 0.6 is 0 Å². The number of aliphatic carboxylic acids is 1. The highest BCUT2D eigenvalue weighted by Gasteiger charge is 2.62. The Kier molecular flexibility index (Phi) is 8.97. The number of hydrogen-bond donors (Lipinski definition) is 2. The summed E-state index contributed by atoms with van der Waals surface area (Å²) >= 11 is 0. The number of halogens is 6. The number of hydrogen-bond acceptors (Lipinski definition) is 5. The van der Waals surface area contributed by atoms with Gasteiger partial charge in [-0.1, -0.05) is 0 Å². The lowest BCUT2D eigenvalue weighted by Gasteiger charge is -2.59. The predicted molar refractivity (Wildman–Crippen MR) is 191 cm³/mol. The van der Waals surface area contributed by atoms with Crippen LogP contribution in [0.15, 0.2) is 36.5 Å². The molecule has 6 saturated carbocycles. The monoisotopic (exact) mass is 772 g/mol. The van der Waals surface area contributed by atoms with E-state index in [-0.39, 0.29) is 48.8 Å². The summed E-state index contributed by atoms with van der Waals surface area (Å²) in [6.45, 7) is -0.405. The molecule has 0 radical (unpaired) electrons. The number of carbonyl (C=O) groups is 2. The zero-order valence-electron chi connectivity index (χ0n) is 30.5. The van der Waals surface area contributed by atoms with Crippen molar-refractivity contribution >= 4 is 22.8 Å². The topological polar surface area (TPSA) is 96.7 Å². The van der Waals surface area contributed by atoms with E-state index in [0.717, 1.165) is 25.3 Å². The van der Waals surface area contributed by atoms with E-state index in [1.807, 2.05) is 15.5 Å². The van der Waals surface area contributed by atoms with Gasteiger partial charge in [0.2, 0.25) is 0 Å². The van der Waals surface area contributed by atoms with Crippen LogP contribution in [0.2, 0.25) is 0 Å². The van der Waals surface area contributed by atoms with Crippen molar-refractivity contribution in [3.8, 4) is 17.0 Å². The van der Waals surface area contributed by atoms with Crippen LogP contribution in [-0.2, 0) is 11.0 Å². The van der Waals surface area contributed by atoms with E-state index < -0.39 is 46.9 Å². The van der Waals surface area contributed by atoms with E-state index in [4.69, 9.17) is 4.74 Å². The summed E-state index contributed by atoms with van der Waals surface area (Å²) in [6.07, 6.45) is 4.01. The number of aromatic nitrogens is 2. The highest BCUT2D eigenvalue weighted by atomic mass is 19.4. The fraction of sp³-hybridized carbons (Fsp3) is 0.634. The molecular formula is C41H46F6N4O4. The number of carboxylic acid groups (broad SMARTS) is 1. The van der Waals surface area contributed by atoms with Crippen molar-refractivity contribution in [1.82, 2.24) is 19.8 Å². The first-order chi connectivity index (χ1) is 26.2. The highest BCUT2D eigenvalue weighted by Crippen LogP contribution is 2.58. The lowest BCUT2D eigenvalue weighted by atomic mass is 9.48. The van der Waals surface area contributed by atoms with Crippen molar-refractivity contribution in [2.24, 2.45) is 23.7 Å². The lowest BCUT2D eigenvalue weighted by Crippen LogP contribution is -2.70.